The van der Waals surface area contributed by atoms with Crippen LogP contribution in [0.15, 0.2) is 0 Å². The molecule has 0 saturated carbocycles. The van der Waals surface area contributed by atoms with Crippen molar-refractivity contribution in [3.8, 4) is 0 Å². The van der Waals surface area contributed by atoms with Gasteiger partial charge in [0.25, 0.3) is 0 Å². The van der Waals surface area contributed by atoms with Gasteiger partial charge in [-0.3, -0.25) is 9.69 Å². The third kappa shape index (κ3) is 2.02. The fourth-order valence-corrected chi connectivity index (χ4v) is 1.22. The molecule has 0 aromatic carbocycles. The van der Waals surface area contributed by atoms with Gasteiger partial charge in [-0.15, -0.1) is 0 Å². The molecule has 0 aromatic heterocycles. The van der Waals surface area contributed by atoms with Crippen LogP contribution in [0.2, 0.25) is 0 Å². The van der Waals surface area contributed by atoms with Crippen LogP contribution in [-0.4, -0.2) is 62.4 Å². The molecule has 6 heteroatoms. The highest BCUT2D eigenvalue weighted by Gasteiger charge is 2.34. The number of hydrogen-bond donors (Lipinski definition) is 0. The van der Waals surface area contributed by atoms with Gasteiger partial charge >= 0.3 is 6.03 Å². The zero-order valence-electron chi connectivity index (χ0n) is 8.52. The summed E-state index contributed by atoms with van der Waals surface area (Å²) in [4.78, 5) is 25.0. The predicted molar refractivity (Wildman–Crippen MR) is 47.5 cm³/mol. The van der Waals surface area contributed by atoms with Gasteiger partial charge in [0.2, 0.25) is 5.91 Å². The third-order valence-electron chi connectivity index (χ3n) is 2.15. The Morgan fingerprint density at radius 2 is 1.93 bits per heavy atom. The molecule has 1 heterocycles. The summed E-state index contributed by atoms with van der Waals surface area (Å²) in [6.07, 6.45) is -0.488. The average Bonchev–Trinajstić information content (AvgIpc) is 2.42. The maximum atomic E-state index is 11.4. The summed E-state index contributed by atoms with van der Waals surface area (Å²) in [5, 5.41) is 0. The number of nitrogens with zero attached hydrogens (tertiary/aromatic N) is 2. The monoisotopic (exact) mass is 202 g/mol. The van der Waals surface area contributed by atoms with Gasteiger partial charge in [-0.1, -0.05) is 0 Å². The third-order valence-corrected chi connectivity index (χ3v) is 2.15. The molecular formula is C8H14N2O4. The van der Waals surface area contributed by atoms with Crippen LogP contribution in [0.4, 0.5) is 4.79 Å². The van der Waals surface area contributed by atoms with Gasteiger partial charge in [0.1, 0.15) is 6.54 Å². The second-order valence-electron chi connectivity index (χ2n) is 3.02. The van der Waals surface area contributed by atoms with Crippen molar-refractivity contribution in [3.05, 3.63) is 0 Å². The van der Waals surface area contributed by atoms with Crippen molar-refractivity contribution in [1.29, 1.82) is 0 Å². The average molecular weight is 202 g/mol. The van der Waals surface area contributed by atoms with Gasteiger partial charge < -0.3 is 14.4 Å². The van der Waals surface area contributed by atoms with Crippen molar-refractivity contribution in [2.45, 2.75) is 6.29 Å². The number of hydrogen-bond acceptors (Lipinski definition) is 4. The molecule has 0 atom stereocenters. The lowest BCUT2D eigenvalue weighted by Crippen LogP contribution is -2.37. The number of urea groups is 1. The Bertz CT molecular complexity index is 239. The van der Waals surface area contributed by atoms with E-state index in [0.717, 1.165) is 4.90 Å². The van der Waals surface area contributed by atoms with Crippen LogP contribution in [0.3, 0.4) is 0 Å². The number of rotatable bonds is 4. The molecule has 1 saturated heterocycles. The summed E-state index contributed by atoms with van der Waals surface area (Å²) >= 11 is 0. The standard InChI is InChI=1S/C8H14N2O4/c1-9-6(11)4-10(8(9)12)5-7(13-2)14-3/h7H,4-5H2,1-3H3. The van der Waals surface area contributed by atoms with Crippen molar-refractivity contribution in [2.24, 2.45) is 0 Å². The molecule has 80 valence electrons. The van der Waals surface area contributed by atoms with Crippen LogP contribution in [0.1, 0.15) is 0 Å². The Balaban J connectivity index is 2.54. The molecule has 0 bridgehead atoms. The van der Waals surface area contributed by atoms with Gasteiger partial charge in [-0.25, -0.2) is 4.79 Å². The fraction of sp³-hybridized carbons (Fsp3) is 0.750. The second-order valence-corrected chi connectivity index (χ2v) is 3.02. The van der Waals surface area contributed by atoms with Crippen LogP contribution < -0.4 is 0 Å². The molecule has 14 heavy (non-hydrogen) atoms. The van der Waals surface area contributed by atoms with Gasteiger partial charge in [0.15, 0.2) is 6.29 Å². The van der Waals surface area contributed by atoms with Crippen molar-refractivity contribution >= 4 is 11.9 Å². The van der Waals surface area contributed by atoms with E-state index < -0.39 is 6.29 Å². The molecule has 1 fully saturated rings. The highest BCUT2D eigenvalue weighted by molar-refractivity contribution is 6.01. The molecule has 0 radical (unpaired) electrons. The normalized spacial score (nSPS) is 17.4. The Hall–Kier alpha value is -1.14. The molecule has 3 amide bonds. The van der Waals surface area contributed by atoms with Crippen LogP contribution in [-0.2, 0) is 14.3 Å². The first kappa shape index (κ1) is 10.9. The van der Waals surface area contributed by atoms with E-state index in [1.807, 2.05) is 0 Å². The molecule has 0 spiro atoms. The minimum atomic E-state index is -0.488. The minimum absolute atomic E-state index is 0.0958. The number of carbonyl (C=O) groups excluding carboxylic acids is 2. The molecule has 0 aliphatic carbocycles. The molecule has 6 nitrogen and oxygen atoms in total. The van der Waals surface area contributed by atoms with E-state index in [0.29, 0.717) is 0 Å². The Morgan fingerprint density at radius 1 is 1.36 bits per heavy atom. The van der Waals surface area contributed by atoms with E-state index in [-0.39, 0.29) is 25.0 Å². The van der Waals surface area contributed by atoms with E-state index in [1.54, 1.807) is 0 Å². The lowest BCUT2D eigenvalue weighted by molar-refractivity contribution is -0.125. The first-order valence-corrected chi connectivity index (χ1v) is 4.21. The lowest BCUT2D eigenvalue weighted by Gasteiger charge is -2.20. The predicted octanol–water partition coefficient (Wildman–Crippen LogP) is -0.501. The van der Waals surface area contributed by atoms with Crippen LogP contribution >= 0.6 is 0 Å². The summed E-state index contributed by atoms with van der Waals surface area (Å²) in [7, 11) is 4.43. The quantitative estimate of drug-likeness (QED) is 0.455. The summed E-state index contributed by atoms with van der Waals surface area (Å²) in [6.45, 7) is 0.362. The smallest absolute Gasteiger partial charge is 0.327 e. The van der Waals surface area contributed by atoms with E-state index in [1.165, 1.54) is 26.2 Å². The Kier molecular flexibility index (Phi) is 3.43. The number of likely N-dealkylation sites (N-methyl/N-ethyl adjacent to an activating group) is 1. The van der Waals surface area contributed by atoms with E-state index in [4.69, 9.17) is 9.47 Å². The van der Waals surface area contributed by atoms with Crippen LogP contribution in [0.25, 0.3) is 0 Å². The Labute approximate surface area is 82.4 Å². The van der Waals surface area contributed by atoms with E-state index in [9.17, 15) is 9.59 Å². The molecule has 1 aliphatic rings. The molecule has 0 unspecified atom stereocenters. The summed E-state index contributed by atoms with van der Waals surface area (Å²) in [5.41, 5.74) is 0. The molecule has 0 N–H and O–H groups in total. The van der Waals surface area contributed by atoms with Gasteiger partial charge in [0, 0.05) is 21.3 Å². The Morgan fingerprint density at radius 3 is 2.29 bits per heavy atom. The molecule has 1 rings (SSSR count). The molecular weight excluding hydrogens is 188 g/mol. The van der Waals surface area contributed by atoms with Gasteiger partial charge in [-0.05, 0) is 0 Å². The second kappa shape index (κ2) is 4.39. The summed E-state index contributed by atoms with van der Waals surface area (Å²) < 4.78 is 9.87. The SMILES string of the molecule is COC(CN1CC(=O)N(C)C1=O)OC. The van der Waals surface area contributed by atoms with Crippen molar-refractivity contribution < 1.29 is 19.1 Å². The number of ether oxygens (including phenoxy) is 2. The van der Waals surface area contributed by atoms with E-state index >= 15 is 0 Å². The fourth-order valence-electron chi connectivity index (χ4n) is 1.22. The summed E-state index contributed by atoms with van der Waals surface area (Å²) in [6, 6.07) is -0.311. The highest BCUT2D eigenvalue weighted by Crippen LogP contribution is 2.09. The van der Waals surface area contributed by atoms with Crippen LogP contribution in [0.5, 0.6) is 0 Å². The summed E-state index contributed by atoms with van der Waals surface area (Å²) in [5.74, 6) is -0.207. The van der Waals surface area contributed by atoms with Crippen molar-refractivity contribution in [3.63, 3.8) is 0 Å². The number of methoxy groups -OCH3 is 2. The first-order valence-electron chi connectivity index (χ1n) is 4.21. The highest BCUT2D eigenvalue weighted by atomic mass is 16.7. The van der Waals surface area contributed by atoms with Gasteiger partial charge in [0.05, 0.1) is 6.54 Å². The lowest BCUT2D eigenvalue weighted by atomic mass is 10.5. The molecule has 1 aliphatic heterocycles. The zero-order chi connectivity index (χ0) is 10.7. The largest absolute Gasteiger partial charge is 0.354 e. The zero-order valence-corrected chi connectivity index (χ0v) is 8.52. The molecule has 0 aromatic rings. The topological polar surface area (TPSA) is 59.1 Å². The number of amides is 3. The van der Waals surface area contributed by atoms with Crippen molar-refractivity contribution in [2.75, 3.05) is 34.4 Å². The maximum absolute atomic E-state index is 11.4. The maximum Gasteiger partial charge on any atom is 0.327 e. The van der Waals surface area contributed by atoms with Crippen molar-refractivity contribution in [1.82, 2.24) is 9.80 Å². The van der Waals surface area contributed by atoms with Gasteiger partial charge in [-0.2, -0.15) is 0 Å². The number of imide groups is 1. The first-order chi connectivity index (χ1) is 6.60. The van der Waals surface area contributed by atoms with Crippen LogP contribution in [0, 0.1) is 0 Å². The minimum Gasteiger partial charge on any atom is -0.354 e. The van der Waals surface area contributed by atoms with E-state index in [2.05, 4.69) is 0 Å². The number of carbonyl (C=O) groups is 2.